The average molecular weight is 156 g/mol. The molecule has 0 spiro atoms. The first kappa shape index (κ1) is 11.2. The fourth-order valence-corrected chi connectivity index (χ4v) is 1.06. The molecule has 0 aliphatic heterocycles. The van der Waals surface area contributed by atoms with Crippen LogP contribution in [-0.2, 0) is 5.41 Å². The second-order valence-electron chi connectivity index (χ2n) is 3.71. The Kier molecular flexibility index (Phi) is 3.48. The molecule has 0 atom stereocenters. The third-order valence-corrected chi connectivity index (χ3v) is 1.66. The first-order valence-electron chi connectivity index (χ1n) is 3.74. The van der Waals surface area contributed by atoms with Gasteiger partial charge in [0.05, 0.1) is 0 Å². The molecule has 0 unspecified atom stereocenters. The van der Waals surface area contributed by atoms with E-state index in [1.165, 1.54) is 0 Å². The largest absolute Gasteiger partial charge is 2.00 e. The van der Waals surface area contributed by atoms with Crippen molar-refractivity contribution in [2.45, 2.75) is 26.2 Å². The van der Waals surface area contributed by atoms with Crippen LogP contribution in [0.3, 0.4) is 0 Å². The maximum Gasteiger partial charge on any atom is 2.00 e. The van der Waals surface area contributed by atoms with Gasteiger partial charge in [0.2, 0.25) is 0 Å². The molecule has 0 saturated carbocycles. The van der Waals surface area contributed by atoms with Gasteiger partial charge < -0.3 is 5.73 Å². The standard InChI is InChI=1S/C10H13N.Be/c1-10(2,3)8-6-4-5-7-9(8)11;/h4-6,11H,1-3H3;/q-2;+2. The molecule has 12 heavy (non-hydrogen) atoms. The third kappa shape index (κ3) is 2.35. The van der Waals surface area contributed by atoms with Gasteiger partial charge in [0.15, 0.2) is 0 Å². The molecule has 0 aromatic heterocycles. The van der Waals surface area contributed by atoms with Crippen LogP contribution in [0.4, 0.5) is 5.69 Å². The number of hydrogen-bond acceptors (Lipinski definition) is 0. The Hall–Kier alpha value is -0.811. The zero-order valence-electron chi connectivity index (χ0n) is 7.94. The summed E-state index contributed by atoms with van der Waals surface area (Å²) in [5, 5.41) is 0. The van der Waals surface area contributed by atoms with Crippen molar-refractivity contribution in [2.75, 3.05) is 0 Å². The molecule has 0 amide bonds. The molecule has 0 fully saturated rings. The maximum atomic E-state index is 7.57. The Labute approximate surface area is 78.2 Å². The van der Waals surface area contributed by atoms with Crippen LogP contribution in [0.2, 0.25) is 0 Å². The van der Waals surface area contributed by atoms with Crippen LogP contribution < -0.4 is 0 Å². The molecule has 0 aliphatic carbocycles. The summed E-state index contributed by atoms with van der Waals surface area (Å²) in [7, 11) is 0. The first-order valence-corrected chi connectivity index (χ1v) is 3.74. The molecule has 1 nitrogen and oxygen atoms in total. The monoisotopic (exact) mass is 156 g/mol. The summed E-state index contributed by atoms with van der Waals surface area (Å²) in [5.74, 6) is 0. The number of rotatable bonds is 0. The van der Waals surface area contributed by atoms with E-state index in [0.717, 1.165) is 5.56 Å². The zero-order valence-corrected chi connectivity index (χ0v) is 7.94. The maximum absolute atomic E-state index is 7.57. The molecule has 0 saturated heterocycles. The fraction of sp³-hybridized carbons (Fsp3) is 0.400. The molecular formula is C10H13BeN. The number of hydrogen-bond donors (Lipinski definition) is 0. The van der Waals surface area contributed by atoms with Crippen molar-refractivity contribution < 1.29 is 0 Å². The van der Waals surface area contributed by atoms with Crippen molar-refractivity contribution in [3.63, 3.8) is 0 Å². The summed E-state index contributed by atoms with van der Waals surface area (Å²) in [6.45, 7) is 6.32. The van der Waals surface area contributed by atoms with Gasteiger partial charge in [-0.25, -0.2) is 0 Å². The van der Waals surface area contributed by atoms with E-state index < -0.39 is 0 Å². The van der Waals surface area contributed by atoms with Gasteiger partial charge in [-0.2, -0.15) is 29.8 Å². The molecule has 0 heterocycles. The van der Waals surface area contributed by atoms with Crippen molar-refractivity contribution in [1.29, 1.82) is 0 Å². The molecule has 1 aromatic rings. The Morgan fingerprint density at radius 2 is 1.92 bits per heavy atom. The minimum Gasteiger partial charge on any atom is -0.720 e. The molecule has 0 radical (unpaired) electrons. The summed E-state index contributed by atoms with van der Waals surface area (Å²) in [4.78, 5) is 0. The number of nitrogens with one attached hydrogen (secondary N) is 1. The topological polar surface area (TPSA) is 23.8 Å². The molecule has 1 aromatic carbocycles. The summed E-state index contributed by atoms with van der Waals surface area (Å²) in [6, 6.07) is 8.56. The van der Waals surface area contributed by atoms with E-state index in [2.05, 4.69) is 26.8 Å². The molecule has 1 rings (SSSR count). The van der Waals surface area contributed by atoms with Crippen molar-refractivity contribution in [3.8, 4) is 0 Å². The van der Waals surface area contributed by atoms with Crippen molar-refractivity contribution >= 4 is 15.8 Å². The van der Waals surface area contributed by atoms with Crippen LogP contribution in [0.15, 0.2) is 18.2 Å². The van der Waals surface area contributed by atoms with E-state index in [1.807, 2.05) is 12.1 Å². The smallest absolute Gasteiger partial charge is 0.720 e. The Morgan fingerprint density at radius 1 is 1.33 bits per heavy atom. The second kappa shape index (κ2) is 3.73. The van der Waals surface area contributed by atoms with E-state index in [0.29, 0.717) is 5.69 Å². The van der Waals surface area contributed by atoms with Gasteiger partial charge in [-0.3, -0.25) is 5.69 Å². The first-order chi connectivity index (χ1) is 5.02. The van der Waals surface area contributed by atoms with Gasteiger partial charge in [-0.1, -0.05) is 26.2 Å². The van der Waals surface area contributed by atoms with Gasteiger partial charge in [-0.15, -0.1) is 0 Å². The normalized spacial score (nSPS) is 10.6. The molecule has 1 N–H and O–H groups in total. The van der Waals surface area contributed by atoms with E-state index in [9.17, 15) is 0 Å². The summed E-state index contributed by atoms with van der Waals surface area (Å²) >= 11 is 0. The van der Waals surface area contributed by atoms with Crippen molar-refractivity contribution in [3.05, 3.63) is 35.6 Å². The fourth-order valence-electron chi connectivity index (χ4n) is 1.06. The van der Waals surface area contributed by atoms with E-state index >= 15 is 0 Å². The van der Waals surface area contributed by atoms with Crippen LogP contribution in [0.5, 0.6) is 0 Å². The van der Waals surface area contributed by atoms with E-state index in [1.54, 1.807) is 6.07 Å². The third-order valence-electron chi connectivity index (χ3n) is 1.66. The number of benzene rings is 1. The van der Waals surface area contributed by atoms with Crippen LogP contribution in [0, 0.1) is 6.07 Å². The van der Waals surface area contributed by atoms with Crippen LogP contribution in [0.1, 0.15) is 26.3 Å². The summed E-state index contributed by atoms with van der Waals surface area (Å²) in [5.41, 5.74) is 9.20. The summed E-state index contributed by atoms with van der Waals surface area (Å²) in [6.07, 6.45) is 0. The Balaban J connectivity index is 0.00000121. The van der Waals surface area contributed by atoms with E-state index in [-0.39, 0.29) is 15.5 Å². The molecular weight excluding hydrogens is 143 g/mol. The molecule has 0 bridgehead atoms. The Morgan fingerprint density at radius 3 is 2.25 bits per heavy atom. The van der Waals surface area contributed by atoms with Crippen LogP contribution >= 0.6 is 0 Å². The van der Waals surface area contributed by atoms with Crippen LogP contribution in [0.25, 0.3) is 5.73 Å². The van der Waals surface area contributed by atoms with Crippen molar-refractivity contribution in [1.82, 2.24) is 0 Å². The predicted molar refractivity (Wildman–Crippen MR) is 53.7 cm³/mol. The molecule has 2 heteroatoms. The van der Waals surface area contributed by atoms with Gasteiger partial charge in [0.1, 0.15) is 0 Å². The predicted octanol–water partition coefficient (Wildman–Crippen LogP) is 3.09. The quantitative estimate of drug-likeness (QED) is 0.407. The van der Waals surface area contributed by atoms with Gasteiger partial charge in [0.25, 0.3) is 0 Å². The van der Waals surface area contributed by atoms with Gasteiger partial charge in [0, 0.05) is 0 Å². The second-order valence-corrected chi connectivity index (χ2v) is 3.71. The van der Waals surface area contributed by atoms with E-state index in [4.69, 9.17) is 5.73 Å². The van der Waals surface area contributed by atoms with Crippen molar-refractivity contribution in [2.24, 2.45) is 0 Å². The summed E-state index contributed by atoms with van der Waals surface area (Å²) < 4.78 is 0. The average Bonchev–Trinajstić information content (AvgIpc) is 1.86. The Bertz CT molecular complexity index is 250. The minimum atomic E-state index is 0. The molecule has 60 valence electrons. The van der Waals surface area contributed by atoms with Crippen LogP contribution in [-0.4, -0.2) is 10.1 Å². The molecule has 0 aliphatic rings. The zero-order chi connectivity index (χ0) is 8.48. The minimum absolute atomic E-state index is 0. The van der Waals surface area contributed by atoms with Gasteiger partial charge >= 0.3 is 10.1 Å². The SMILES string of the molecule is CC(C)(C)c1ccc[c-]c1[NH-].[Be+2]. The van der Waals surface area contributed by atoms with Gasteiger partial charge in [-0.05, 0) is 0 Å².